The van der Waals surface area contributed by atoms with Crippen LogP contribution in [-0.4, -0.2) is 37.4 Å². The van der Waals surface area contributed by atoms with E-state index >= 15 is 0 Å². The van der Waals surface area contributed by atoms with Crippen LogP contribution in [0, 0.1) is 0 Å². The molecule has 0 aromatic carbocycles. The summed E-state index contributed by atoms with van der Waals surface area (Å²) in [5.74, 6) is -0.488. The lowest BCUT2D eigenvalue weighted by molar-refractivity contribution is 0.0595. The number of carbonyl (C=O) groups excluding carboxylic acids is 1. The average molecular weight is 336 g/mol. The van der Waals surface area contributed by atoms with Crippen LogP contribution in [-0.2, 0) is 4.74 Å². The van der Waals surface area contributed by atoms with Crippen molar-refractivity contribution in [3.8, 4) is 22.8 Å². The fourth-order valence-corrected chi connectivity index (χ4v) is 2.45. The van der Waals surface area contributed by atoms with E-state index in [1.54, 1.807) is 12.4 Å². The van der Waals surface area contributed by atoms with Gasteiger partial charge in [-0.3, -0.25) is 0 Å². The lowest BCUT2D eigenvalue weighted by Gasteiger charge is -2.10. The van der Waals surface area contributed by atoms with Crippen molar-refractivity contribution >= 4 is 17.4 Å². The lowest BCUT2D eigenvalue weighted by Crippen LogP contribution is -2.12. The Balaban J connectivity index is 1.98. The number of nitrogens with two attached hydrogens (primary N) is 1. The maximum atomic E-state index is 11.9. The zero-order chi connectivity index (χ0) is 17.4. The number of pyridine rings is 1. The van der Waals surface area contributed by atoms with Gasteiger partial charge < -0.3 is 19.3 Å². The molecule has 0 fully saturated rings. The summed E-state index contributed by atoms with van der Waals surface area (Å²) in [6.07, 6.45) is 8.21. The second kappa shape index (κ2) is 5.71. The van der Waals surface area contributed by atoms with E-state index in [1.165, 1.54) is 19.6 Å². The fraction of sp³-hybridized carbons (Fsp3) is 0.0625. The van der Waals surface area contributed by atoms with Gasteiger partial charge in [0.25, 0.3) is 0 Å². The van der Waals surface area contributed by atoms with Crippen molar-refractivity contribution in [3.05, 3.63) is 48.9 Å². The standard InChI is InChI=1S/C16H12N6O3/c1-24-16(23)13-14(17)21-12(15-19-5-7-25-15)11(20-13)9-2-3-10-18-4-6-22(10)8-9/h2-8H,1H3,(H2,17,21). The highest BCUT2D eigenvalue weighted by Crippen LogP contribution is 2.30. The number of imidazole rings is 1. The second-order valence-corrected chi connectivity index (χ2v) is 5.09. The number of anilines is 1. The third-order valence-corrected chi connectivity index (χ3v) is 3.60. The predicted octanol–water partition coefficient (Wildman–Crippen LogP) is 1.82. The minimum atomic E-state index is -0.672. The summed E-state index contributed by atoms with van der Waals surface area (Å²) in [6.45, 7) is 0. The Kier molecular flexibility index (Phi) is 3.38. The zero-order valence-corrected chi connectivity index (χ0v) is 13.1. The lowest BCUT2D eigenvalue weighted by atomic mass is 10.1. The van der Waals surface area contributed by atoms with E-state index in [1.807, 2.05) is 22.7 Å². The number of nitrogens with zero attached hydrogens (tertiary/aromatic N) is 5. The van der Waals surface area contributed by atoms with Gasteiger partial charge in [0.1, 0.15) is 17.6 Å². The molecular weight excluding hydrogens is 324 g/mol. The van der Waals surface area contributed by atoms with Gasteiger partial charge in [-0.15, -0.1) is 0 Å². The van der Waals surface area contributed by atoms with Crippen LogP contribution < -0.4 is 5.73 Å². The van der Waals surface area contributed by atoms with E-state index < -0.39 is 5.97 Å². The molecule has 0 aliphatic carbocycles. The summed E-state index contributed by atoms with van der Waals surface area (Å²) >= 11 is 0. The number of rotatable bonds is 3. The minimum Gasteiger partial charge on any atom is -0.464 e. The molecule has 9 nitrogen and oxygen atoms in total. The molecule has 0 spiro atoms. The normalized spacial score (nSPS) is 10.9. The molecule has 124 valence electrons. The van der Waals surface area contributed by atoms with E-state index in [2.05, 4.69) is 19.9 Å². The van der Waals surface area contributed by atoms with E-state index in [9.17, 15) is 4.79 Å². The fourth-order valence-electron chi connectivity index (χ4n) is 2.45. The highest BCUT2D eigenvalue weighted by molar-refractivity contribution is 5.93. The van der Waals surface area contributed by atoms with Gasteiger partial charge in [-0.25, -0.2) is 24.7 Å². The van der Waals surface area contributed by atoms with E-state index in [-0.39, 0.29) is 17.4 Å². The Bertz CT molecular complexity index is 1070. The Labute approximate surface area is 141 Å². The van der Waals surface area contributed by atoms with Gasteiger partial charge in [0, 0.05) is 24.2 Å². The third-order valence-electron chi connectivity index (χ3n) is 3.60. The van der Waals surface area contributed by atoms with Crippen LogP contribution in [0.1, 0.15) is 10.5 Å². The van der Waals surface area contributed by atoms with Crippen LogP contribution in [0.2, 0.25) is 0 Å². The topological polar surface area (TPSA) is 121 Å². The molecule has 0 bridgehead atoms. The molecule has 0 radical (unpaired) electrons. The molecule has 25 heavy (non-hydrogen) atoms. The first-order valence-electron chi connectivity index (χ1n) is 7.26. The molecule has 4 heterocycles. The number of ether oxygens (including phenoxy) is 1. The van der Waals surface area contributed by atoms with Crippen molar-refractivity contribution in [2.75, 3.05) is 12.8 Å². The predicted molar refractivity (Wildman–Crippen MR) is 87.5 cm³/mol. The summed E-state index contributed by atoms with van der Waals surface area (Å²) < 4.78 is 11.9. The van der Waals surface area contributed by atoms with Gasteiger partial charge >= 0.3 is 5.97 Å². The molecule has 4 aromatic heterocycles. The van der Waals surface area contributed by atoms with Crippen molar-refractivity contribution in [3.63, 3.8) is 0 Å². The van der Waals surface area contributed by atoms with Crippen molar-refractivity contribution < 1.29 is 13.9 Å². The highest BCUT2D eigenvalue weighted by atomic mass is 16.5. The maximum Gasteiger partial charge on any atom is 0.360 e. The molecule has 0 amide bonds. The van der Waals surface area contributed by atoms with Gasteiger partial charge in [-0.2, -0.15) is 0 Å². The Morgan fingerprint density at radius 1 is 1.20 bits per heavy atom. The summed E-state index contributed by atoms with van der Waals surface area (Å²) in [6, 6.07) is 3.64. The Hall–Kier alpha value is -3.75. The molecule has 9 heteroatoms. The van der Waals surface area contributed by atoms with Crippen molar-refractivity contribution in [1.82, 2.24) is 24.3 Å². The molecule has 0 aliphatic heterocycles. The van der Waals surface area contributed by atoms with E-state index in [0.29, 0.717) is 17.0 Å². The van der Waals surface area contributed by atoms with Gasteiger partial charge in [0.15, 0.2) is 17.2 Å². The first-order chi connectivity index (χ1) is 12.2. The molecule has 0 saturated carbocycles. The monoisotopic (exact) mass is 336 g/mol. The number of aromatic nitrogens is 5. The molecular formula is C16H12N6O3. The van der Waals surface area contributed by atoms with Gasteiger partial charge in [-0.05, 0) is 12.1 Å². The number of carbonyl (C=O) groups is 1. The number of esters is 1. The summed E-state index contributed by atoms with van der Waals surface area (Å²) in [5.41, 5.74) is 7.99. The molecule has 2 N–H and O–H groups in total. The zero-order valence-electron chi connectivity index (χ0n) is 13.1. The molecule has 0 saturated heterocycles. The first kappa shape index (κ1) is 14.8. The quantitative estimate of drug-likeness (QED) is 0.562. The number of nitrogen functional groups attached to an aromatic ring is 1. The number of methoxy groups -OCH3 is 1. The van der Waals surface area contributed by atoms with Gasteiger partial charge in [0.05, 0.1) is 13.3 Å². The van der Waals surface area contributed by atoms with Crippen LogP contribution in [0.5, 0.6) is 0 Å². The highest BCUT2D eigenvalue weighted by Gasteiger charge is 2.22. The van der Waals surface area contributed by atoms with Gasteiger partial charge in [-0.1, -0.05) is 0 Å². The minimum absolute atomic E-state index is 0.0625. The maximum absolute atomic E-state index is 11.9. The Morgan fingerprint density at radius 2 is 2.08 bits per heavy atom. The van der Waals surface area contributed by atoms with Gasteiger partial charge in [0.2, 0.25) is 5.89 Å². The van der Waals surface area contributed by atoms with E-state index in [0.717, 1.165) is 5.65 Å². The number of hydrogen-bond donors (Lipinski definition) is 1. The molecule has 0 unspecified atom stereocenters. The van der Waals surface area contributed by atoms with E-state index in [4.69, 9.17) is 14.9 Å². The van der Waals surface area contributed by atoms with Crippen molar-refractivity contribution in [1.29, 1.82) is 0 Å². The van der Waals surface area contributed by atoms with Crippen LogP contribution in [0.4, 0.5) is 5.82 Å². The summed E-state index contributed by atoms with van der Waals surface area (Å²) in [4.78, 5) is 28.9. The molecule has 0 aliphatic rings. The number of oxazole rings is 1. The molecule has 0 atom stereocenters. The average Bonchev–Trinajstić information content (AvgIpc) is 3.31. The SMILES string of the molecule is COC(=O)c1nc(-c2ccc3nccn3c2)c(-c2ncco2)nc1N. The van der Waals surface area contributed by atoms with Crippen LogP contribution in [0.15, 0.2) is 47.6 Å². The number of hydrogen-bond acceptors (Lipinski definition) is 8. The van der Waals surface area contributed by atoms with Crippen LogP contribution in [0.3, 0.4) is 0 Å². The van der Waals surface area contributed by atoms with Crippen molar-refractivity contribution in [2.45, 2.75) is 0 Å². The van der Waals surface area contributed by atoms with Crippen LogP contribution >= 0.6 is 0 Å². The summed E-state index contributed by atoms with van der Waals surface area (Å²) in [5, 5.41) is 0. The smallest absolute Gasteiger partial charge is 0.360 e. The third kappa shape index (κ3) is 2.47. The van der Waals surface area contributed by atoms with Crippen molar-refractivity contribution in [2.24, 2.45) is 0 Å². The molecule has 4 aromatic rings. The summed E-state index contributed by atoms with van der Waals surface area (Å²) in [7, 11) is 1.25. The second-order valence-electron chi connectivity index (χ2n) is 5.09. The first-order valence-corrected chi connectivity index (χ1v) is 7.26. The number of fused-ring (bicyclic) bond motifs is 1. The van der Waals surface area contributed by atoms with Crippen LogP contribution in [0.25, 0.3) is 28.5 Å². The largest absolute Gasteiger partial charge is 0.464 e. The Morgan fingerprint density at radius 3 is 2.84 bits per heavy atom. The molecule has 4 rings (SSSR count).